The summed E-state index contributed by atoms with van der Waals surface area (Å²) in [7, 11) is 0. The van der Waals surface area contributed by atoms with Gasteiger partial charge in [0.15, 0.2) is 6.61 Å². The van der Waals surface area contributed by atoms with E-state index >= 15 is 0 Å². The highest BCUT2D eigenvalue weighted by Gasteiger charge is 2.25. The topological polar surface area (TPSA) is 55.6 Å². The number of piperidine rings is 1. The van der Waals surface area contributed by atoms with Crippen molar-refractivity contribution in [3.05, 3.63) is 29.8 Å². The molecule has 0 radical (unpaired) electrons. The van der Waals surface area contributed by atoms with Crippen LogP contribution in [0.2, 0.25) is 0 Å². The molecular formula is C16H24N2O2. The summed E-state index contributed by atoms with van der Waals surface area (Å²) < 4.78 is 5.64. The van der Waals surface area contributed by atoms with Crippen LogP contribution in [0, 0.1) is 11.8 Å². The predicted molar refractivity (Wildman–Crippen MR) is 79.4 cm³/mol. The molecule has 4 nitrogen and oxygen atoms in total. The van der Waals surface area contributed by atoms with Crippen molar-refractivity contribution >= 4 is 5.91 Å². The molecule has 2 rings (SSSR count). The van der Waals surface area contributed by atoms with Crippen LogP contribution in [-0.4, -0.2) is 30.5 Å². The SMILES string of the molecule is CC1CC(C)CN(C(=O)COc2ccccc2CN)C1. The Labute approximate surface area is 120 Å². The van der Waals surface area contributed by atoms with Crippen molar-refractivity contribution in [3.8, 4) is 5.75 Å². The molecule has 0 saturated carbocycles. The summed E-state index contributed by atoms with van der Waals surface area (Å²) in [6.45, 7) is 6.58. The Morgan fingerprint density at radius 3 is 2.60 bits per heavy atom. The Morgan fingerprint density at radius 2 is 1.95 bits per heavy atom. The normalized spacial score (nSPS) is 22.6. The molecule has 0 spiro atoms. The summed E-state index contributed by atoms with van der Waals surface area (Å²) in [5.74, 6) is 1.91. The average molecular weight is 276 g/mol. The van der Waals surface area contributed by atoms with Crippen molar-refractivity contribution in [2.75, 3.05) is 19.7 Å². The van der Waals surface area contributed by atoms with E-state index in [0.717, 1.165) is 18.7 Å². The Hall–Kier alpha value is -1.55. The molecule has 20 heavy (non-hydrogen) atoms. The van der Waals surface area contributed by atoms with Crippen LogP contribution in [0.3, 0.4) is 0 Å². The van der Waals surface area contributed by atoms with Crippen LogP contribution in [-0.2, 0) is 11.3 Å². The monoisotopic (exact) mass is 276 g/mol. The summed E-state index contributed by atoms with van der Waals surface area (Å²) in [6.07, 6.45) is 1.20. The minimum Gasteiger partial charge on any atom is -0.483 e. The quantitative estimate of drug-likeness (QED) is 0.915. The minimum absolute atomic E-state index is 0.0650. The molecule has 1 fully saturated rings. The molecule has 1 heterocycles. The number of hydrogen-bond acceptors (Lipinski definition) is 3. The zero-order valence-corrected chi connectivity index (χ0v) is 12.3. The lowest BCUT2D eigenvalue weighted by Crippen LogP contribution is -2.44. The van der Waals surface area contributed by atoms with E-state index in [1.807, 2.05) is 29.2 Å². The third-order valence-corrected chi connectivity index (χ3v) is 3.77. The van der Waals surface area contributed by atoms with Crippen molar-refractivity contribution in [1.29, 1.82) is 0 Å². The van der Waals surface area contributed by atoms with Crippen LogP contribution in [0.5, 0.6) is 5.75 Å². The summed E-state index contributed by atoms with van der Waals surface area (Å²) in [5, 5.41) is 0. The van der Waals surface area contributed by atoms with Crippen molar-refractivity contribution in [2.45, 2.75) is 26.8 Å². The molecule has 1 aromatic rings. The molecule has 1 aromatic carbocycles. The van der Waals surface area contributed by atoms with Gasteiger partial charge in [-0.3, -0.25) is 4.79 Å². The van der Waals surface area contributed by atoms with Crippen LogP contribution in [0.1, 0.15) is 25.8 Å². The van der Waals surface area contributed by atoms with Gasteiger partial charge in [-0.05, 0) is 24.3 Å². The molecule has 110 valence electrons. The third-order valence-electron chi connectivity index (χ3n) is 3.77. The first-order chi connectivity index (χ1) is 9.60. The van der Waals surface area contributed by atoms with Crippen molar-refractivity contribution in [3.63, 3.8) is 0 Å². The lowest BCUT2D eigenvalue weighted by atomic mass is 9.92. The second kappa shape index (κ2) is 6.75. The van der Waals surface area contributed by atoms with E-state index in [4.69, 9.17) is 10.5 Å². The zero-order chi connectivity index (χ0) is 14.5. The standard InChI is InChI=1S/C16H24N2O2/c1-12-7-13(2)10-18(9-12)16(19)11-20-15-6-4-3-5-14(15)8-17/h3-6,12-13H,7-11,17H2,1-2H3. The molecule has 0 aliphatic carbocycles. The average Bonchev–Trinajstić information content (AvgIpc) is 2.44. The number of benzene rings is 1. The van der Waals surface area contributed by atoms with Gasteiger partial charge in [-0.2, -0.15) is 0 Å². The summed E-state index contributed by atoms with van der Waals surface area (Å²) in [4.78, 5) is 14.2. The minimum atomic E-state index is 0.0650. The number of ether oxygens (including phenoxy) is 1. The maximum Gasteiger partial charge on any atom is 0.260 e. The van der Waals surface area contributed by atoms with E-state index in [0.29, 0.717) is 24.1 Å². The third kappa shape index (κ3) is 3.73. The van der Waals surface area contributed by atoms with E-state index in [2.05, 4.69) is 13.8 Å². The van der Waals surface area contributed by atoms with Crippen LogP contribution in [0.15, 0.2) is 24.3 Å². The first-order valence-corrected chi connectivity index (χ1v) is 7.28. The highest BCUT2D eigenvalue weighted by Crippen LogP contribution is 2.21. The lowest BCUT2D eigenvalue weighted by Gasteiger charge is -2.34. The number of para-hydroxylation sites is 1. The number of rotatable bonds is 4. The number of amides is 1. The lowest BCUT2D eigenvalue weighted by molar-refractivity contribution is -0.136. The highest BCUT2D eigenvalue weighted by molar-refractivity contribution is 5.78. The van der Waals surface area contributed by atoms with Crippen LogP contribution < -0.4 is 10.5 Å². The second-order valence-electron chi connectivity index (χ2n) is 5.85. The highest BCUT2D eigenvalue weighted by atomic mass is 16.5. The summed E-state index contributed by atoms with van der Waals surface area (Å²) >= 11 is 0. The fourth-order valence-corrected chi connectivity index (χ4v) is 2.91. The maximum absolute atomic E-state index is 12.2. The van der Waals surface area contributed by atoms with E-state index in [1.54, 1.807) is 0 Å². The Morgan fingerprint density at radius 1 is 1.30 bits per heavy atom. The van der Waals surface area contributed by atoms with E-state index in [9.17, 15) is 4.79 Å². The Bertz CT molecular complexity index is 452. The molecular weight excluding hydrogens is 252 g/mol. The van der Waals surface area contributed by atoms with Crippen molar-refractivity contribution < 1.29 is 9.53 Å². The second-order valence-corrected chi connectivity index (χ2v) is 5.85. The van der Waals surface area contributed by atoms with Gasteiger partial charge in [-0.15, -0.1) is 0 Å². The smallest absolute Gasteiger partial charge is 0.260 e. The van der Waals surface area contributed by atoms with Gasteiger partial charge in [0, 0.05) is 25.2 Å². The molecule has 2 unspecified atom stereocenters. The number of nitrogens with two attached hydrogens (primary N) is 1. The van der Waals surface area contributed by atoms with E-state index in [-0.39, 0.29) is 12.5 Å². The van der Waals surface area contributed by atoms with Crippen LogP contribution >= 0.6 is 0 Å². The van der Waals surface area contributed by atoms with Crippen molar-refractivity contribution in [1.82, 2.24) is 4.90 Å². The Balaban J connectivity index is 1.91. The zero-order valence-electron chi connectivity index (χ0n) is 12.3. The molecule has 0 bridgehead atoms. The first kappa shape index (κ1) is 14.9. The molecule has 2 N–H and O–H groups in total. The number of likely N-dealkylation sites (tertiary alicyclic amines) is 1. The number of carbonyl (C=O) groups is 1. The Kier molecular flexibility index (Phi) is 5.01. The molecule has 1 aliphatic rings. The fourth-order valence-electron chi connectivity index (χ4n) is 2.91. The largest absolute Gasteiger partial charge is 0.483 e. The maximum atomic E-state index is 12.2. The van der Waals surface area contributed by atoms with Gasteiger partial charge in [0.05, 0.1) is 0 Å². The molecule has 1 amide bonds. The van der Waals surface area contributed by atoms with Gasteiger partial charge < -0.3 is 15.4 Å². The van der Waals surface area contributed by atoms with Gasteiger partial charge in [0.2, 0.25) is 0 Å². The van der Waals surface area contributed by atoms with Gasteiger partial charge in [0.1, 0.15) is 5.75 Å². The van der Waals surface area contributed by atoms with Crippen molar-refractivity contribution in [2.24, 2.45) is 17.6 Å². The fraction of sp³-hybridized carbons (Fsp3) is 0.562. The van der Waals surface area contributed by atoms with Gasteiger partial charge in [-0.1, -0.05) is 32.0 Å². The number of hydrogen-bond donors (Lipinski definition) is 1. The van der Waals surface area contributed by atoms with E-state index < -0.39 is 0 Å². The molecule has 1 aliphatic heterocycles. The molecule has 1 saturated heterocycles. The number of carbonyl (C=O) groups excluding carboxylic acids is 1. The van der Waals surface area contributed by atoms with Gasteiger partial charge >= 0.3 is 0 Å². The molecule has 4 heteroatoms. The summed E-state index contributed by atoms with van der Waals surface area (Å²) in [6, 6.07) is 7.59. The van der Waals surface area contributed by atoms with Gasteiger partial charge in [0.25, 0.3) is 5.91 Å². The predicted octanol–water partition coefficient (Wildman–Crippen LogP) is 2.03. The summed E-state index contributed by atoms with van der Waals surface area (Å²) in [5.41, 5.74) is 6.59. The first-order valence-electron chi connectivity index (χ1n) is 7.28. The molecule has 0 aromatic heterocycles. The molecule has 2 atom stereocenters. The number of nitrogens with zero attached hydrogens (tertiary/aromatic N) is 1. The van der Waals surface area contributed by atoms with Gasteiger partial charge in [-0.25, -0.2) is 0 Å². The van der Waals surface area contributed by atoms with Crippen LogP contribution in [0.25, 0.3) is 0 Å². The van der Waals surface area contributed by atoms with E-state index in [1.165, 1.54) is 6.42 Å². The van der Waals surface area contributed by atoms with Crippen LogP contribution in [0.4, 0.5) is 0 Å².